The SMILES string of the molecule is CC1COCCN1C(=O)NC1CCCC(C(=O)O)C1. The molecule has 2 fully saturated rings. The molecule has 6 nitrogen and oxygen atoms in total. The molecule has 2 amide bonds. The zero-order valence-electron chi connectivity index (χ0n) is 11.3. The van der Waals surface area contributed by atoms with E-state index in [-0.39, 0.29) is 24.0 Å². The highest BCUT2D eigenvalue weighted by atomic mass is 16.5. The molecule has 1 aliphatic carbocycles. The minimum absolute atomic E-state index is 0.0163. The number of morpholine rings is 1. The number of carboxylic acids is 1. The van der Waals surface area contributed by atoms with Crippen LogP contribution in [0.3, 0.4) is 0 Å². The van der Waals surface area contributed by atoms with Crippen LogP contribution >= 0.6 is 0 Å². The summed E-state index contributed by atoms with van der Waals surface area (Å²) in [4.78, 5) is 24.9. The van der Waals surface area contributed by atoms with Gasteiger partial charge in [-0.2, -0.15) is 0 Å². The minimum Gasteiger partial charge on any atom is -0.481 e. The first-order chi connectivity index (χ1) is 9.08. The van der Waals surface area contributed by atoms with E-state index in [9.17, 15) is 9.59 Å². The van der Waals surface area contributed by atoms with Gasteiger partial charge in [0, 0.05) is 12.6 Å². The Balaban J connectivity index is 1.86. The largest absolute Gasteiger partial charge is 0.481 e. The Labute approximate surface area is 113 Å². The molecule has 1 saturated heterocycles. The van der Waals surface area contributed by atoms with Crippen molar-refractivity contribution < 1.29 is 19.4 Å². The lowest BCUT2D eigenvalue weighted by atomic mass is 9.86. The number of amides is 2. The van der Waals surface area contributed by atoms with Gasteiger partial charge in [0.05, 0.1) is 25.2 Å². The zero-order valence-corrected chi connectivity index (χ0v) is 11.3. The van der Waals surface area contributed by atoms with Crippen LogP contribution in [0.1, 0.15) is 32.6 Å². The summed E-state index contributed by atoms with van der Waals surface area (Å²) in [6.45, 7) is 3.69. The zero-order chi connectivity index (χ0) is 13.8. The number of rotatable bonds is 2. The van der Waals surface area contributed by atoms with Gasteiger partial charge in [0.25, 0.3) is 0 Å². The van der Waals surface area contributed by atoms with Gasteiger partial charge in [0.15, 0.2) is 0 Å². The van der Waals surface area contributed by atoms with E-state index in [4.69, 9.17) is 9.84 Å². The van der Waals surface area contributed by atoms with E-state index >= 15 is 0 Å². The lowest BCUT2D eigenvalue weighted by molar-refractivity contribution is -0.143. The van der Waals surface area contributed by atoms with Crippen molar-refractivity contribution in [2.24, 2.45) is 5.92 Å². The second kappa shape index (κ2) is 6.23. The molecular formula is C13H22N2O4. The Bertz CT molecular complexity index is 348. The van der Waals surface area contributed by atoms with Crippen LogP contribution in [-0.4, -0.2) is 53.8 Å². The molecule has 0 aromatic carbocycles. The third kappa shape index (κ3) is 3.59. The molecule has 0 aromatic heterocycles. The Kier molecular flexibility index (Phi) is 4.63. The Hall–Kier alpha value is -1.30. The van der Waals surface area contributed by atoms with Crippen molar-refractivity contribution in [3.63, 3.8) is 0 Å². The van der Waals surface area contributed by atoms with Crippen molar-refractivity contribution in [2.45, 2.75) is 44.7 Å². The first-order valence-electron chi connectivity index (χ1n) is 6.95. The molecule has 1 aliphatic heterocycles. The average molecular weight is 270 g/mol. The fraction of sp³-hybridized carbons (Fsp3) is 0.846. The van der Waals surface area contributed by atoms with Crippen LogP contribution < -0.4 is 5.32 Å². The first kappa shape index (κ1) is 14.1. The van der Waals surface area contributed by atoms with E-state index in [0.29, 0.717) is 26.2 Å². The number of aliphatic carboxylic acids is 1. The van der Waals surface area contributed by atoms with Crippen molar-refractivity contribution in [1.82, 2.24) is 10.2 Å². The highest BCUT2D eigenvalue weighted by Crippen LogP contribution is 2.24. The van der Waals surface area contributed by atoms with Gasteiger partial charge in [-0.25, -0.2) is 4.79 Å². The normalized spacial score (nSPS) is 31.8. The monoisotopic (exact) mass is 270 g/mol. The van der Waals surface area contributed by atoms with Crippen molar-refractivity contribution in [3.05, 3.63) is 0 Å². The maximum atomic E-state index is 12.2. The quantitative estimate of drug-likeness (QED) is 0.786. The molecule has 2 rings (SSSR count). The molecule has 1 saturated carbocycles. The van der Waals surface area contributed by atoms with Crippen LogP contribution in [0.2, 0.25) is 0 Å². The topological polar surface area (TPSA) is 78.9 Å². The van der Waals surface area contributed by atoms with Crippen LogP contribution in [0.5, 0.6) is 0 Å². The van der Waals surface area contributed by atoms with Gasteiger partial charge < -0.3 is 20.1 Å². The van der Waals surface area contributed by atoms with E-state index in [0.717, 1.165) is 19.3 Å². The minimum atomic E-state index is -0.751. The summed E-state index contributed by atoms with van der Waals surface area (Å²) in [7, 11) is 0. The Morgan fingerprint density at radius 2 is 2.16 bits per heavy atom. The molecule has 6 heteroatoms. The second-order valence-corrected chi connectivity index (χ2v) is 5.47. The summed E-state index contributed by atoms with van der Waals surface area (Å²) in [5.74, 6) is -1.07. The van der Waals surface area contributed by atoms with Gasteiger partial charge in [-0.05, 0) is 26.2 Å². The molecule has 19 heavy (non-hydrogen) atoms. The van der Waals surface area contributed by atoms with Crippen molar-refractivity contribution in [1.29, 1.82) is 0 Å². The number of hydrogen-bond acceptors (Lipinski definition) is 3. The maximum Gasteiger partial charge on any atom is 0.318 e. The Morgan fingerprint density at radius 3 is 2.84 bits per heavy atom. The molecule has 3 atom stereocenters. The van der Waals surface area contributed by atoms with Gasteiger partial charge in [-0.1, -0.05) is 6.42 Å². The smallest absolute Gasteiger partial charge is 0.318 e. The molecule has 0 spiro atoms. The highest BCUT2D eigenvalue weighted by molar-refractivity contribution is 5.75. The Morgan fingerprint density at radius 1 is 1.37 bits per heavy atom. The molecule has 108 valence electrons. The van der Waals surface area contributed by atoms with E-state index in [1.165, 1.54) is 0 Å². The van der Waals surface area contributed by atoms with E-state index < -0.39 is 5.97 Å². The fourth-order valence-electron chi connectivity index (χ4n) is 2.83. The van der Waals surface area contributed by atoms with Crippen LogP contribution in [0.15, 0.2) is 0 Å². The number of carbonyl (C=O) groups is 2. The van der Waals surface area contributed by atoms with Crippen LogP contribution in [-0.2, 0) is 9.53 Å². The predicted octanol–water partition coefficient (Wildman–Crippen LogP) is 1.06. The van der Waals surface area contributed by atoms with Crippen LogP contribution in [0, 0.1) is 5.92 Å². The fourth-order valence-corrected chi connectivity index (χ4v) is 2.83. The van der Waals surface area contributed by atoms with Crippen molar-refractivity contribution >= 4 is 12.0 Å². The molecule has 2 N–H and O–H groups in total. The summed E-state index contributed by atoms with van der Waals surface area (Å²) in [5.41, 5.74) is 0. The predicted molar refractivity (Wildman–Crippen MR) is 68.9 cm³/mol. The summed E-state index contributed by atoms with van der Waals surface area (Å²) >= 11 is 0. The third-order valence-electron chi connectivity index (χ3n) is 3.98. The van der Waals surface area contributed by atoms with Crippen molar-refractivity contribution in [3.8, 4) is 0 Å². The number of nitrogens with one attached hydrogen (secondary N) is 1. The van der Waals surface area contributed by atoms with Gasteiger partial charge in [-0.3, -0.25) is 4.79 Å². The van der Waals surface area contributed by atoms with Gasteiger partial charge in [0.2, 0.25) is 0 Å². The summed E-state index contributed by atoms with van der Waals surface area (Å²) in [5, 5.41) is 12.0. The number of nitrogens with zero attached hydrogens (tertiary/aromatic N) is 1. The van der Waals surface area contributed by atoms with E-state index in [1.807, 2.05) is 6.92 Å². The molecule has 0 radical (unpaired) electrons. The summed E-state index contributed by atoms with van der Waals surface area (Å²) in [6, 6.07) is -0.0307. The number of ether oxygens (including phenoxy) is 1. The van der Waals surface area contributed by atoms with Crippen LogP contribution in [0.25, 0.3) is 0 Å². The third-order valence-corrected chi connectivity index (χ3v) is 3.98. The maximum absolute atomic E-state index is 12.2. The molecular weight excluding hydrogens is 248 g/mol. The van der Waals surface area contributed by atoms with Gasteiger partial charge >= 0.3 is 12.0 Å². The number of carbonyl (C=O) groups excluding carboxylic acids is 1. The number of urea groups is 1. The average Bonchev–Trinajstić information content (AvgIpc) is 2.39. The lowest BCUT2D eigenvalue weighted by Gasteiger charge is -2.35. The van der Waals surface area contributed by atoms with Crippen molar-refractivity contribution in [2.75, 3.05) is 19.8 Å². The molecule has 2 aliphatic rings. The molecule has 0 bridgehead atoms. The second-order valence-electron chi connectivity index (χ2n) is 5.47. The molecule has 3 unspecified atom stereocenters. The molecule has 0 aromatic rings. The van der Waals surface area contributed by atoms with E-state index in [1.54, 1.807) is 4.90 Å². The lowest BCUT2D eigenvalue weighted by Crippen LogP contribution is -2.54. The standard InChI is InChI=1S/C13H22N2O4/c1-9-8-19-6-5-15(9)13(18)14-11-4-2-3-10(7-11)12(16)17/h9-11H,2-8H2,1H3,(H,14,18)(H,16,17). The molecule has 1 heterocycles. The first-order valence-corrected chi connectivity index (χ1v) is 6.95. The van der Waals surface area contributed by atoms with E-state index in [2.05, 4.69) is 5.32 Å². The number of hydrogen-bond donors (Lipinski definition) is 2. The highest BCUT2D eigenvalue weighted by Gasteiger charge is 2.30. The number of carboxylic acid groups (broad SMARTS) is 1. The summed E-state index contributed by atoms with van der Waals surface area (Å²) < 4.78 is 5.30. The van der Waals surface area contributed by atoms with Crippen LogP contribution in [0.4, 0.5) is 4.79 Å². The van der Waals surface area contributed by atoms with Gasteiger partial charge in [-0.15, -0.1) is 0 Å². The summed E-state index contributed by atoms with van der Waals surface area (Å²) in [6.07, 6.45) is 2.99. The van der Waals surface area contributed by atoms with Gasteiger partial charge in [0.1, 0.15) is 0 Å².